The fraction of sp³-hybridized carbons (Fsp3) is 0.261. The lowest BCUT2D eigenvalue weighted by Crippen LogP contribution is -2.33. The van der Waals surface area contributed by atoms with Gasteiger partial charge >= 0.3 is 0 Å². The van der Waals surface area contributed by atoms with Crippen LogP contribution in [0, 0.1) is 6.92 Å². The molecule has 0 bridgehead atoms. The van der Waals surface area contributed by atoms with Crippen molar-refractivity contribution in [2.45, 2.75) is 30.2 Å². The lowest BCUT2D eigenvalue weighted by Gasteiger charge is -2.27. The molecule has 1 unspecified atom stereocenters. The second kappa shape index (κ2) is 8.36. The summed E-state index contributed by atoms with van der Waals surface area (Å²) in [7, 11) is 3.43. The Hall–Kier alpha value is -3.06. The summed E-state index contributed by atoms with van der Waals surface area (Å²) >= 11 is 1.48. The maximum Gasteiger partial charge on any atom is 0.279 e. The van der Waals surface area contributed by atoms with Crippen LogP contribution in [-0.2, 0) is 17.6 Å². The van der Waals surface area contributed by atoms with Gasteiger partial charge in [-0.2, -0.15) is 4.98 Å². The van der Waals surface area contributed by atoms with Gasteiger partial charge < -0.3 is 14.6 Å². The minimum absolute atomic E-state index is 0.119. The van der Waals surface area contributed by atoms with E-state index in [0.717, 1.165) is 11.1 Å². The predicted octanol–water partition coefficient (Wildman–Crippen LogP) is 3.86. The van der Waals surface area contributed by atoms with Crippen LogP contribution in [0.15, 0.2) is 58.5 Å². The first-order valence-corrected chi connectivity index (χ1v) is 10.7. The lowest BCUT2D eigenvalue weighted by atomic mass is 9.86. The molecule has 0 radical (unpaired) electrons. The minimum atomic E-state index is -0.355. The number of nitrogens with zero attached hydrogens (tertiary/aromatic N) is 2. The lowest BCUT2D eigenvalue weighted by molar-refractivity contribution is -0.116. The molecule has 0 saturated carbocycles. The van der Waals surface area contributed by atoms with Gasteiger partial charge in [0.2, 0.25) is 5.91 Å². The highest BCUT2D eigenvalue weighted by atomic mass is 32.2. The van der Waals surface area contributed by atoms with Gasteiger partial charge in [0.25, 0.3) is 5.56 Å². The van der Waals surface area contributed by atoms with E-state index >= 15 is 0 Å². The number of benzene rings is 2. The van der Waals surface area contributed by atoms with Crippen molar-refractivity contribution in [2.24, 2.45) is 7.05 Å². The van der Waals surface area contributed by atoms with Crippen molar-refractivity contribution >= 4 is 23.5 Å². The molecule has 1 atom stereocenters. The van der Waals surface area contributed by atoms with E-state index in [2.05, 4.69) is 34.6 Å². The highest BCUT2D eigenvalue weighted by molar-refractivity contribution is 7.98. The number of ether oxygens (including phenoxy) is 1. The Bertz CT molecular complexity index is 1160. The molecule has 154 valence electrons. The second-order valence-electron chi connectivity index (χ2n) is 7.38. The van der Waals surface area contributed by atoms with Crippen molar-refractivity contribution in [1.82, 2.24) is 9.55 Å². The van der Waals surface area contributed by atoms with Gasteiger partial charge in [-0.1, -0.05) is 53.7 Å². The Morgan fingerprint density at radius 3 is 2.70 bits per heavy atom. The summed E-state index contributed by atoms with van der Waals surface area (Å²) in [6, 6.07) is 15.8. The quantitative estimate of drug-likeness (QED) is 0.500. The summed E-state index contributed by atoms with van der Waals surface area (Å²) < 4.78 is 7.12. The zero-order chi connectivity index (χ0) is 21.3. The van der Waals surface area contributed by atoms with E-state index < -0.39 is 0 Å². The van der Waals surface area contributed by atoms with E-state index in [1.165, 1.54) is 17.3 Å². The van der Waals surface area contributed by atoms with Gasteiger partial charge in [-0.15, -0.1) is 0 Å². The molecule has 6 nitrogen and oxygen atoms in total. The molecule has 1 aliphatic rings. The van der Waals surface area contributed by atoms with Crippen LogP contribution < -0.4 is 15.6 Å². The average Bonchev–Trinajstić information content (AvgIpc) is 2.75. The van der Waals surface area contributed by atoms with E-state index in [0.29, 0.717) is 28.0 Å². The molecule has 4 rings (SSSR count). The number of hydrogen-bond donors (Lipinski definition) is 1. The van der Waals surface area contributed by atoms with Crippen molar-refractivity contribution in [3.63, 3.8) is 0 Å². The summed E-state index contributed by atoms with van der Waals surface area (Å²) in [6.07, 6.45) is 0.201. The standard InChI is InChI=1S/C23H23N3O3S/c1-14-7-9-15(10-8-14)13-30-23-25-22(28)20-18(12-19(27)24-21(20)26(23)2)16-5-4-6-17(11-16)29-3/h4-11,18H,12-13H2,1-3H3,(H,24,27). The number of aryl methyl sites for hydroxylation is 1. The molecule has 1 aliphatic heterocycles. The molecule has 1 aromatic heterocycles. The van der Waals surface area contributed by atoms with Crippen LogP contribution in [0.3, 0.4) is 0 Å². The zero-order valence-electron chi connectivity index (χ0n) is 17.1. The summed E-state index contributed by atoms with van der Waals surface area (Å²) in [6.45, 7) is 2.05. The van der Waals surface area contributed by atoms with Crippen molar-refractivity contribution in [3.05, 3.63) is 81.1 Å². The highest BCUT2D eigenvalue weighted by Crippen LogP contribution is 2.37. The average molecular weight is 422 g/mol. The van der Waals surface area contributed by atoms with Gasteiger partial charge in [-0.05, 0) is 30.2 Å². The maximum atomic E-state index is 13.0. The van der Waals surface area contributed by atoms with Crippen molar-refractivity contribution in [2.75, 3.05) is 12.4 Å². The van der Waals surface area contributed by atoms with E-state index in [1.54, 1.807) is 11.7 Å². The molecule has 1 amide bonds. The molecule has 3 aromatic rings. The van der Waals surface area contributed by atoms with E-state index in [4.69, 9.17) is 4.74 Å². The molecular weight excluding hydrogens is 398 g/mol. The Morgan fingerprint density at radius 1 is 1.20 bits per heavy atom. The fourth-order valence-corrected chi connectivity index (χ4v) is 4.56. The number of methoxy groups -OCH3 is 1. The molecule has 0 aliphatic carbocycles. The number of amides is 1. The number of rotatable bonds is 5. The first-order valence-electron chi connectivity index (χ1n) is 9.69. The van der Waals surface area contributed by atoms with Crippen LogP contribution in [0.25, 0.3) is 0 Å². The first kappa shape index (κ1) is 20.2. The minimum Gasteiger partial charge on any atom is -0.497 e. The normalized spacial score (nSPS) is 15.4. The number of hydrogen-bond acceptors (Lipinski definition) is 5. The third-order valence-corrected chi connectivity index (χ3v) is 6.39. The number of aromatic nitrogens is 2. The Kier molecular flexibility index (Phi) is 5.63. The van der Waals surface area contributed by atoms with Gasteiger partial charge in [-0.25, -0.2) is 0 Å². The van der Waals surface area contributed by atoms with Crippen LogP contribution in [0.4, 0.5) is 5.82 Å². The summed E-state index contributed by atoms with van der Waals surface area (Å²) in [4.78, 5) is 29.8. The van der Waals surface area contributed by atoms with Crippen LogP contribution in [0.5, 0.6) is 5.75 Å². The smallest absolute Gasteiger partial charge is 0.279 e. The van der Waals surface area contributed by atoms with E-state index in [-0.39, 0.29) is 23.8 Å². The molecule has 0 saturated heterocycles. The first-order chi connectivity index (χ1) is 14.5. The summed E-state index contributed by atoms with van der Waals surface area (Å²) in [5.41, 5.74) is 3.43. The Balaban J connectivity index is 1.70. The largest absolute Gasteiger partial charge is 0.497 e. The topological polar surface area (TPSA) is 73.2 Å². The van der Waals surface area contributed by atoms with E-state index in [9.17, 15) is 9.59 Å². The SMILES string of the molecule is COc1cccc(C2CC(=O)Nc3c2c(=O)nc(SCc2ccc(C)cc2)n3C)c1. The van der Waals surface area contributed by atoms with Crippen LogP contribution in [-0.4, -0.2) is 22.6 Å². The second-order valence-corrected chi connectivity index (χ2v) is 8.32. The molecule has 7 heteroatoms. The van der Waals surface area contributed by atoms with Crippen molar-refractivity contribution in [1.29, 1.82) is 0 Å². The predicted molar refractivity (Wildman–Crippen MR) is 118 cm³/mol. The van der Waals surface area contributed by atoms with Gasteiger partial charge in [-0.3, -0.25) is 9.59 Å². The van der Waals surface area contributed by atoms with Gasteiger partial charge in [0.1, 0.15) is 11.6 Å². The molecule has 30 heavy (non-hydrogen) atoms. The molecular formula is C23H23N3O3S. The van der Waals surface area contributed by atoms with Crippen molar-refractivity contribution in [3.8, 4) is 5.75 Å². The van der Waals surface area contributed by atoms with Crippen LogP contribution in [0.2, 0.25) is 0 Å². The number of nitrogens with one attached hydrogen (secondary N) is 1. The molecule has 2 aromatic carbocycles. The number of fused-ring (bicyclic) bond motifs is 1. The number of anilines is 1. The Labute approximate surface area is 179 Å². The van der Waals surface area contributed by atoms with E-state index in [1.807, 2.05) is 38.2 Å². The third-order valence-electron chi connectivity index (χ3n) is 5.29. The molecule has 0 fully saturated rings. The maximum absolute atomic E-state index is 13.0. The molecule has 2 heterocycles. The number of carbonyl (C=O) groups is 1. The van der Waals surface area contributed by atoms with Crippen LogP contribution in [0.1, 0.15) is 34.6 Å². The Morgan fingerprint density at radius 2 is 1.97 bits per heavy atom. The van der Waals surface area contributed by atoms with Gasteiger partial charge in [0.05, 0.1) is 12.7 Å². The summed E-state index contributed by atoms with van der Waals surface area (Å²) in [5, 5.41) is 3.46. The zero-order valence-corrected chi connectivity index (χ0v) is 18.0. The molecule has 0 spiro atoms. The number of carbonyl (C=O) groups excluding carboxylic acids is 1. The number of thioether (sulfide) groups is 1. The van der Waals surface area contributed by atoms with Crippen LogP contribution >= 0.6 is 11.8 Å². The van der Waals surface area contributed by atoms with Gasteiger partial charge in [0, 0.05) is 25.1 Å². The van der Waals surface area contributed by atoms with Gasteiger partial charge in [0.15, 0.2) is 5.16 Å². The third kappa shape index (κ3) is 3.98. The van der Waals surface area contributed by atoms with Crippen molar-refractivity contribution < 1.29 is 9.53 Å². The monoisotopic (exact) mass is 421 g/mol. The summed E-state index contributed by atoms with van der Waals surface area (Å²) in [5.74, 6) is 1.42. The molecule has 1 N–H and O–H groups in total. The fourth-order valence-electron chi connectivity index (χ4n) is 3.64. The highest BCUT2D eigenvalue weighted by Gasteiger charge is 2.32.